The molecule has 4 aromatic rings. The molecule has 1 aromatic carbocycles. The summed E-state index contributed by atoms with van der Waals surface area (Å²) < 4.78 is 5.97. The molecule has 0 unspecified atom stereocenters. The molecule has 27 heavy (non-hydrogen) atoms. The molecule has 0 saturated heterocycles. The van der Waals surface area contributed by atoms with Crippen molar-refractivity contribution in [1.29, 1.82) is 0 Å². The SMILES string of the molecule is c1ccc(COc2cc(-c3cnc4ccccc4c3)c3c(n2)CCC3)nc1. The summed E-state index contributed by atoms with van der Waals surface area (Å²) in [5.74, 6) is 0.657. The summed E-state index contributed by atoms with van der Waals surface area (Å²) in [5, 5.41) is 1.15. The molecule has 0 spiro atoms. The molecule has 0 saturated carbocycles. The number of aryl methyl sites for hydroxylation is 1. The molecule has 4 nitrogen and oxygen atoms in total. The molecule has 3 aromatic heterocycles. The van der Waals surface area contributed by atoms with E-state index in [1.54, 1.807) is 6.20 Å². The number of benzene rings is 1. The molecular formula is C23H19N3O. The maximum absolute atomic E-state index is 5.97. The van der Waals surface area contributed by atoms with E-state index in [0.29, 0.717) is 12.5 Å². The van der Waals surface area contributed by atoms with Crippen molar-refractivity contribution in [2.75, 3.05) is 0 Å². The molecule has 5 rings (SSSR count). The zero-order valence-electron chi connectivity index (χ0n) is 14.9. The monoisotopic (exact) mass is 353 g/mol. The van der Waals surface area contributed by atoms with Gasteiger partial charge in [-0.15, -0.1) is 0 Å². The highest BCUT2D eigenvalue weighted by Gasteiger charge is 2.20. The molecule has 0 fully saturated rings. The first kappa shape index (κ1) is 15.9. The topological polar surface area (TPSA) is 47.9 Å². The Labute approximate surface area is 157 Å². The van der Waals surface area contributed by atoms with Gasteiger partial charge in [0.25, 0.3) is 0 Å². The minimum atomic E-state index is 0.419. The molecule has 1 aliphatic rings. The van der Waals surface area contributed by atoms with E-state index in [-0.39, 0.29) is 0 Å². The number of pyridine rings is 3. The fourth-order valence-corrected chi connectivity index (χ4v) is 3.70. The second kappa shape index (κ2) is 6.80. The minimum Gasteiger partial charge on any atom is -0.471 e. The Morgan fingerprint density at radius 2 is 1.85 bits per heavy atom. The fourth-order valence-electron chi connectivity index (χ4n) is 3.70. The number of para-hydroxylation sites is 1. The van der Waals surface area contributed by atoms with Crippen LogP contribution in [-0.4, -0.2) is 15.0 Å². The van der Waals surface area contributed by atoms with Gasteiger partial charge in [-0.05, 0) is 54.7 Å². The van der Waals surface area contributed by atoms with E-state index in [9.17, 15) is 0 Å². The molecule has 3 heterocycles. The van der Waals surface area contributed by atoms with Crippen molar-refractivity contribution >= 4 is 10.9 Å². The maximum atomic E-state index is 5.97. The summed E-state index contributed by atoms with van der Waals surface area (Å²) in [4.78, 5) is 13.7. The average Bonchev–Trinajstić information content (AvgIpc) is 3.21. The molecule has 4 heteroatoms. The number of fused-ring (bicyclic) bond motifs is 2. The number of nitrogens with zero attached hydrogens (tertiary/aromatic N) is 3. The maximum Gasteiger partial charge on any atom is 0.214 e. The van der Waals surface area contributed by atoms with Crippen LogP contribution in [0.2, 0.25) is 0 Å². The molecule has 0 atom stereocenters. The fraction of sp³-hybridized carbons (Fsp3) is 0.174. The third kappa shape index (κ3) is 3.14. The minimum absolute atomic E-state index is 0.419. The van der Waals surface area contributed by atoms with Crippen LogP contribution >= 0.6 is 0 Å². The molecular weight excluding hydrogens is 334 g/mol. The second-order valence-electron chi connectivity index (χ2n) is 6.81. The average molecular weight is 353 g/mol. The molecule has 1 aliphatic carbocycles. The number of rotatable bonds is 4. The van der Waals surface area contributed by atoms with E-state index in [0.717, 1.165) is 47.1 Å². The molecule has 0 amide bonds. The van der Waals surface area contributed by atoms with Gasteiger partial charge in [-0.3, -0.25) is 9.97 Å². The number of hydrogen-bond donors (Lipinski definition) is 0. The first-order valence-corrected chi connectivity index (χ1v) is 9.27. The van der Waals surface area contributed by atoms with Crippen molar-refractivity contribution in [2.24, 2.45) is 0 Å². The van der Waals surface area contributed by atoms with Gasteiger partial charge in [-0.2, -0.15) is 0 Å². The molecule has 0 bridgehead atoms. The first-order valence-electron chi connectivity index (χ1n) is 9.27. The van der Waals surface area contributed by atoms with Crippen molar-refractivity contribution in [3.8, 4) is 17.0 Å². The van der Waals surface area contributed by atoms with Crippen molar-refractivity contribution < 1.29 is 4.74 Å². The van der Waals surface area contributed by atoms with E-state index in [1.165, 1.54) is 11.1 Å². The van der Waals surface area contributed by atoms with Gasteiger partial charge in [-0.25, -0.2) is 4.98 Å². The van der Waals surface area contributed by atoms with Crippen molar-refractivity contribution in [1.82, 2.24) is 15.0 Å². The van der Waals surface area contributed by atoms with Crippen LogP contribution in [0.25, 0.3) is 22.0 Å². The summed E-state index contributed by atoms with van der Waals surface area (Å²) in [5.41, 5.74) is 6.70. The van der Waals surface area contributed by atoms with Gasteiger partial charge >= 0.3 is 0 Å². The van der Waals surface area contributed by atoms with Gasteiger partial charge < -0.3 is 4.74 Å². The summed E-state index contributed by atoms with van der Waals surface area (Å²) in [7, 11) is 0. The summed E-state index contributed by atoms with van der Waals surface area (Å²) in [6.07, 6.45) is 6.94. The van der Waals surface area contributed by atoms with Crippen molar-refractivity contribution in [2.45, 2.75) is 25.9 Å². The van der Waals surface area contributed by atoms with Gasteiger partial charge in [0.15, 0.2) is 0 Å². The predicted molar refractivity (Wildman–Crippen MR) is 106 cm³/mol. The van der Waals surface area contributed by atoms with Crippen LogP contribution in [0.15, 0.2) is 67.0 Å². The Morgan fingerprint density at radius 1 is 0.926 bits per heavy atom. The quantitative estimate of drug-likeness (QED) is 0.531. The summed E-state index contributed by atoms with van der Waals surface area (Å²) >= 11 is 0. The normalized spacial score (nSPS) is 12.9. The third-order valence-electron chi connectivity index (χ3n) is 5.02. The second-order valence-corrected chi connectivity index (χ2v) is 6.81. The van der Waals surface area contributed by atoms with E-state index in [1.807, 2.05) is 42.6 Å². The van der Waals surface area contributed by atoms with Crippen LogP contribution in [0.3, 0.4) is 0 Å². The van der Waals surface area contributed by atoms with Crippen LogP contribution in [0.1, 0.15) is 23.4 Å². The molecule has 0 N–H and O–H groups in total. The Kier molecular flexibility index (Phi) is 4.02. The van der Waals surface area contributed by atoms with Crippen LogP contribution in [-0.2, 0) is 19.4 Å². The first-order chi connectivity index (χ1) is 13.4. The number of hydrogen-bond acceptors (Lipinski definition) is 4. The number of aromatic nitrogens is 3. The zero-order chi connectivity index (χ0) is 18.1. The van der Waals surface area contributed by atoms with Crippen LogP contribution in [0, 0.1) is 0 Å². The lowest BCUT2D eigenvalue weighted by atomic mass is 10.00. The zero-order valence-corrected chi connectivity index (χ0v) is 14.9. The van der Waals surface area contributed by atoms with Crippen molar-refractivity contribution in [3.63, 3.8) is 0 Å². The molecule has 0 aliphatic heterocycles. The lowest BCUT2D eigenvalue weighted by Crippen LogP contribution is -2.02. The van der Waals surface area contributed by atoms with Gasteiger partial charge in [0.2, 0.25) is 5.88 Å². The molecule has 132 valence electrons. The Hall–Kier alpha value is -3.27. The van der Waals surface area contributed by atoms with Crippen LogP contribution in [0.5, 0.6) is 5.88 Å². The highest BCUT2D eigenvalue weighted by atomic mass is 16.5. The lowest BCUT2D eigenvalue weighted by Gasteiger charge is -2.12. The summed E-state index contributed by atoms with van der Waals surface area (Å²) in [6.45, 7) is 0.419. The summed E-state index contributed by atoms with van der Waals surface area (Å²) in [6, 6.07) is 18.3. The van der Waals surface area contributed by atoms with Crippen LogP contribution in [0.4, 0.5) is 0 Å². The molecule has 0 radical (unpaired) electrons. The highest BCUT2D eigenvalue weighted by molar-refractivity contribution is 5.84. The Morgan fingerprint density at radius 3 is 2.78 bits per heavy atom. The lowest BCUT2D eigenvalue weighted by molar-refractivity contribution is 0.288. The van der Waals surface area contributed by atoms with Crippen molar-refractivity contribution in [3.05, 3.63) is 83.9 Å². The Balaban J connectivity index is 1.53. The van der Waals surface area contributed by atoms with E-state index < -0.39 is 0 Å². The van der Waals surface area contributed by atoms with Gasteiger partial charge in [0, 0.05) is 35.1 Å². The van der Waals surface area contributed by atoms with Crippen LogP contribution < -0.4 is 4.74 Å². The third-order valence-corrected chi connectivity index (χ3v) is 5.02. The highest BCUT2D eigenvalue weighted by Crippen LogP contribution is 2.35. The van der Waals surface area contributed by atoms with Gasteiger partial charge in [0.05, 0.1) is 11.2 Å². The number of ether oxygens (including phenoxy) is 1. The predicted octanol–water partition coefficient (Wildman–Crippen LogP) is 4.76. The van der Waals surface area contributed by atoms with E-state index >= 15 is 0 Å². The largest absolute Gasteiger partial charge is 0.471 e. The Bertz CT molecular complexity index is 1110. The van der Waals surface area contributed by atoms with E-state index in [2.05, 4.69) is 28.2 Å². The van der Waals surface area contributed by atoms with Gasteiger partial charge in [0.1, 0.15) is 6.61 Å². The van der Waals surface area contributed by atoms with Gasteiger partial charge in [-0.1, -0.05) is 24.3 Å². The van der Waals surface area contributed by atoms with E-state index in [4.69, 9.17) is 9.72 Å². The standard InChI is InChI=1S/C23H19N3O/c1-2-9-21-16(6-1)12-17(14-25-21)20-13-23(26-22-10-5-8-19(20)22)27-15-18-7-3-4-11-24-18/h1-4,6-7,9,11-14H,5,8,10,15H2. The smallest absolute Gasteiger partial charge is 0.214 e.